The fourth-order valence-corrected chi connectivity index (χ4v) is 3.17. The van der Waals surface area contributed by atoms with Crippen LogP contribution in [-0.4, -0.2) is 60.1 Å². The first-order valence-corrected chi connectivity index (χ1v) is 12.2. The Morgan fingerprint density at radius 2 is 1.83 bits per heavy atom. The molecule has 12 heteroatoms. The second kappa shape index (κ2) is 24.3. The number of aromatic nitrogens is 2. The van der Waals surface area contributed by atoms with E-state index in [1.807, 2.05) is 29.2 Å². The zero-order valence-corrected chi connectivity index (χ0v) is 24.4. The van der Waals surface area contributed by atoms with Crippen LogP contribution in [0.3, 0.4) is 0 Å². The van der Waals surface area contributed by atoms with Gasteiger partial charge in [0.25, 0.3) is 5.91 Å². The second-order valence-corrected chi connectivity index (χ2v) is 7.56. The topological polar surface area (TPSA) is 140 Å². The number of fused-ring (bicyclic) bond motifs is 1. The van der Waals surface area contributed by atoms with Crippen LogP contribution in [0, 0.1) is 45.4 Å². The number of unbranched alkanes of at least 4 members (excludes halogenated alkanes) is 1. The van der Waals surface area contributed by atoms with Crippen molar-refractivity contribution in [2.45, 2.75) is 6.42 Å². The second-order valence-electron chi connectivity index (χ2n) is 7.56. The molecule has 0 radical (unpaired) electrons. The summed E-state index contributed by atoms with van der Waals surface area (Å²) in [6.07, 6.45) is 4.61. The van der Waals surface area contributed by atoms with Crippen molar-refractivity contribution in [3.63, 3.8) is 0 Å². The van der Waals surface area contributed by atoms with Crippen molar-refractivity contribution in [3.8, 4) is 11.8 Å². The van der Waals surface area contributed by atoms with Gasteiger partial charge in [-0.3, -0.25) is 11.2 Å². The average molecular weight is 557 g/mol. The summed E-state index contributed by atoms with van der Waals surface area (Å²) in [7, 11) is 0. The van der Waals surface area contributed by atoms with E-state index in [1.165, 1.54) is 12.4 Å². The molecule has 214 valence electrons. The third kappa shape index (κ3) is 14.6. The molecular formula is C30H34Li2N6O4-4. The number of anilines is 3. The van der Waals surface area contributed by atoms with Crippen LogP contribution >= 0.6 is 0 Å². The Labute approximate surface area is 273 Å². The van der Waals surface area contributed by atoms with Gasteiger partial charge in [-0.15, -0.1) is 19.6 Å². The number of carbonyl (C=O) groups excluding carboxylic acids is 2. The Morgan fingerprint density at radius 1 is 1.17 bits per heavy atom. The molecule has 1 aromatic heterocycles. The van der Waals surface area contributed by atoms with Gasteiger partial charge in [-0.1, -0.05) is 43.9 Å². The summed E-state index contributed by atoms with van der Waals surface area (Å²) < 4.78 is 4.61. The maximum atomic E-state index is 13.0. The molecule has 3 aromatic rings. The molecule has 42 heavy (non-hydrogen) atoms. The van der Waals surface area contributed by atoms with Crippen molar-refractivity contribution >= 4 is 40.4 Å². The Bertz CT molecular complexity index is 1260. The van der Waals surface area contributed by atoms with Crippen molar-refractivity contribution < 1.29 is 57.2 Å². The van der Waals surface area contributed by atoms with Gasteiger partial charge in [0.1, 0.15) is 17.3 Å². The number of carbonyl (C=O) groups is 1. The van der Waals surface area contributed by atoms with Gasteiger partial charge in [-0.25, -0.2) is 22.9 Å². The molecule has 0 spiro atoms. The zero-order chi connectivity index (χ0) is 29.8. The Balaban J connectivity index is 0. The van der Waals surface area contributed by atoms with Gasteiger partial charge in [0.05, 0.1) is 5.69 Å². The number of hydrogen-bond donors (Lipinski definition) is 3. The Morgan fingerprint density at radius 3 is 2.38 bits per heavy atom. The summed E-state index contributed by atoms with van der Waals surface area (Å²) in [5.41, 5.74) is 0.621. The number of rotatable bonds is 12. The van der Waals surface area contributed by atoms with E-state index in [1.54, 1.807) is 18.6 Å². The number of nitrogens with one attached hydrogen (secondary N) is 2. The molecule has 1 heterocycles. The van der Waals surface area contributed by atoms with Crippen LogP contribution in [-0.2, 0) is 9.53 Å². The third-order valence-corrected chi connectivity index (χ3v) is 4.87. The van der Waals surface area contributed by atoms with Crippen molar-refractivity contribution in [1.82, 2.24) is 9.97 Å². The molecule has 3 rings (SSSR count). The number of nitrogens with zero attached hydrogens (tertiary/aromatic N) is 4. The molecule has 0 saturated heterocycles. The number of benzene rings is 2. The number of aromatic hydroxyl groups is 1. The van der Waals surface area contributed by atoms with Gasteiger partial charge in [-0.05, 0) is 17.7 Å². The molecule has 0 unspecified atom stereocenters. The maximum absolute atomic E-state index is 13.0. The monoisotopic (exact) mass is 556 g/mol. The summed E-state index contributed by atoms with van der Waals surface area (Å²) in [5, 5.41) is 26.1. The summed E-state index contributed by atoms with van der Waals surface area (Å²) >= 11 is 0. The zero-order valence-electron chi connectivity index (χ0n) is 24.4. The number of nitriles is 1. The van der Waals surface area contributed by atoms with Crippen LogP contribution < -0.4 is 53.3 Å². The average Bonchev–Trinajstić information content (AvgIpc) is 2.96. The first-order chi connectivity index (χ1) is 19.4. The Kier molecular flexibility index (Phi) is 23.6. The number of phenolic OH excluding ortho intramolecular Hbond substituents is 1. The van der Waals surface area contributed by atoms with E-state index < -0.39 is 5.91 Å². The summed E-state index contributed by atoms with van der Waals surface area (Å²) in [5.74, 6) is 0.364. The normalized spacial score (nSPS) is 9.21. The largest absolute Gasteiger partial charge is 1.00 e. The van der Waals surface area contributed by atoms with Crippen LogP contribution in [0.2, 0.25) is 0 Å². The van der Waals surface area contributed by atoms with E-state index in [2.05, 4.69) is 65.7 Å². The molecule has 0 bridgehead atoms. The quantitative estimate of drug-likeness (QED) is 0.106. The predicted octanol–water partition coefficient (Wildman–Crippen LogP) is -1.45. The van der Waals surface area contributed by atoms with E-state index in [0.29, 0.717) is 50.8 Å². The van der Waals surface area contributed by atoms with Crippen LogP contribution in [0.4, 0.5) is 17.5 Å². The van der Waals surface area contributed by atoms with Crippen LogP contribution in [0.5, 0.6) is 5.75 Å². The summed E-state index contributed by atoms with van der Waals surface area (Å²) in [6.45, 7) is 19.8. The first kappa shape index (κ1) is 40.8. The van der Waals surface area contributed by atoms with Gasteiger partial charge in [0.15, 0.2) is 0 Å². The van der Waals surface area contributed by atoms with Crippen molar-refractivity contribution in [3.05, 3.63) is 94.9 Å². The number of allylic oxidation sites excluding steroid dienone is 1. The van der Waals surface area contributed by atoms with Gasteiger partial charge >= 0.3 is 37.7 Å². The molecule has 0 aliphatic rings. The SMILES string of the molecule is C=C[C-]=O.[CH2-]CNc1nc(C(=O)Nc2cc(O)cc3ccccc23)cc(N(C[CH2-])C[CH-]CC#N)n1.[CH2-]COC[CH2-].[Li+].[Li+]. The number of phenols is 1. The Hall–Kier alpha value is -3.30. The standard InChI is InChI=1S/C23H23N6O2.C4H8O.C3H3O.2Li/c1-3-25-23-27-20(15-21(28-23)29(4-2)12-8-7-11-24)22(31)26-19-14-17(30)13-16-9-5-6-10-18(16)19;1-3-5-4-2;1-2-3-4;;/h5-6,8-10,13-15,30H,1-4,7,12H2,(H,26,31)(H,25,27,28);1-4H2;2H,1H2;;/q-3;-2;-1;2*+1. The molecule has 0 aliphatic carbocycles. The number of amides is 1. The van der Waals surface area contributed by atoms with Crippen molar-refractivity contribution in [1.29, 1.82) is 5.26 Å². The summed E-state index contributed by atoms with van der Waals surface area (Å²) in [6, 6.07) is 14.2. The van der Waals surface area contributed by atoms with Gasteiger partial charge in [0.2, 0.25) is 5.95 Å². The van der Waals surface area contributed by atoms with Gasteiger partial charge in [0, 0.05) is 23.6 Å². The van der Waals surface area contributed by atoms with Crippen LogP contribution in [0.1, 0.15) is 16.9 Å². The minimum absolute atomic E-state index is 0. The fraction of sp³-hybridized carbons (Fsp3) is 0.200. The number of hydrogen-bond acceptors (Lipinski definition) is 9. The van der Waals surface area contributed by atoms with Gasteiger partial charge < -0.3 is 57.9 Å². The minimum atomic E-state index is -0.448. The third-order valence-electron chi connectivity index (χ3n) is 4.87. The van der Waals surface area contributed by atoms with E-state index in [0.717, 1.165) is 16.8 Å². The van der Waals surface area contributed by atoms with Crippen molar-refractivity contribution in [2.24, 2.45) is 0 Å². The minimum Gasteiger partial charge on any atom is -0.508 e. The van der Waals surface area contributed by atoms with Gasteiger partial charge in [-0.2, -0.15) is 4.98 Å². The van der Waals surface area contributed by atoms with E-state index >= 15 is 0 Å². The predicted molar refractivity (Wildman–Crippen MR) is 159 cm³/mol. The van der Waals surface area contributed by atoms with E-state index in [4.69, 9.17) is 10.1 Å². The van der Waals surface area contributed by atoms with E-state index in [-0.39, 0.29) is 55.1 Å². The summed E-state index contributed by atoms with van der Waals surface area (Å²) in [4.78, 5) is 32.5. The van der Waals surface area contributed by atoms with E-state index in [9.17, 15) is 9.90 Å². The molecule has 3 N–H and O–H groups in total. The molecule has 1 amide bonds. The molecule has 2 aromatic carbocycles. The molecule has 0 saturated carbocycles. The smallest absolute Gasteiger partial charge is 0.508 e. The molecule has 10 nitrogen and oxygen atoms in total. The van der Waals surface area contributed by atoms with Crippen molar-refractivity contribution in [2.75, 3.05) is 48.4 Å². The molecule has 0 atom stereocenters. The fourth-order valence-electron chi connectivity index (χ4n) is 3.17. The van der Waals surface area contributed by atoms with Crippen LogP contribution in [0.15, 0.2) is 55.1 Å². The molecule has 0 aliphatic heterocycles. The van der Waals surface area contributed by atoms with Crippen LogP contribution in [0.25, 0.3) is 10.8 Å². The molecular weight excluding hydrogens is 522 g/mol. The maximum Gasteiger partial charge on any atom is 1.00 e. The number of ether oxygens (including phenoxy) is 1. The first-order valence-electron chi connectivity index (χ1n) is 12.2. The molecule has 0 fully saturated rings.